The highest BCUT2D eigenvalue weighted by Gasteiger charge is 2.23. The van der Waals surface area contributed by atoms with Gasteiger partial charge in [-0.25, -0.2) is 13.2 Å². The fourth-order valence-corrected chi connectivity index (χ4v) is 2.86. The second kappa shape index (κ2) is 7.62. The topological polar surface area (TPSA) is 46.9 Å². The molecule has 0 bridgehead atoms. The molecule has 0 saturated heterocycles. The van der Waals surface area contributed by atoms with Crippen molar-refractivity contribution in [1.82, 2.24) is 9.78 Å². The number of aryl methyl sites for hydroxylation is 1. The zero-order valence-corrected chi connectivity index (χ0v) is 15.3. The Labute approximate surface area is 162 Å². The molecule has 3 rings (SSSR count). The van der Waals surface area contributed by atoms with Crippen LogP contribution in [0, 0.1) is 5.82 Å². The normalized spacial score (nSPS) is 11.1. The molecule has 1 aromatic heterocycles. The molecule has 0 unspecified atom stereocenters. The summed E-state index contributed by atoms with van der Waals surface area (Å²) in [4.78, 5) is 12.5. The van der Waals surface area contributed by atoms with Crippen molar-refractivity contribution in [2.24, 2.45) is 7.05 Å². The average molecular weight is 414 g/mol. The van der Waals surface area contributed by atoms with Gasteiger partial charge in [0.05, 0.1) is 15.6 Å². The Bertz CT molecular complexity index is 1020. The van der Waals surface area contributed by atoms with Crippen LogP contribution in [-0.4, -0.2) is 15.7 Å². The number of rotatable bonds is 4. The molecule has 3 aromatic rings. The predicted octanol–water partition coefficient (Wildman–Crippen LogP) is 5.72. The standard InChI is InChI=1S/C18H12Cl2F3N3O/c1-26-8-12(16(25-26)17(22)23)18(27)24-15-5-3-10(21)7-11(15)9-2-4-13(19)14(20)6-9/h2-8,17H,1H3,(H,24,27). The van der Waals surface area contributed by atoms with Gasteiger partial charge in [-0.1, -0.05) is 29.3 Å². The number of hydrogen-bond donors (Lipinski definition) is 1. The van der Waals surface area contributed by atoms with Crippen LogP contribution in [0.4, 0.5) is 18.9 Å². The number of aromatic nitrogens is 2. The van der Waals surface area contributed by atoms with Crippen LogP contribution < -0.4 is 5.32 Å². The highest BCUT2D eigenvalue weighted by atomic mass is 35.5. The fourth-order valence-electron chi connectivity index (χ4n) is 2.56. The molecule has 0 aliphatic heterocycles. The van der Waals surface area contributed by atoms with E-state index in [0.717, 1.165) is 10.7 Å². The molecule has 1 heterocycles. The second-order valence-corrected chi connectivity index (χ2v) is 6.49. The Hall–Kier alpha value is -2.51. The van der Waals surface area contributed by atoms with E-state index in [1.165, 1.54) is 37.5 Å². The van der Waals surface area contributed by atoms with Crippen LogP contribution in [0.3, 0.4) is 0 Å². The van der Waals surface area contributed by atoms with E-state index in [9.17, 15) is 18.0 Å². The van der Waals surface area contributed by atoms with Gasteiger partial charge in [0.15, 0.2) is 0 Å². The van der Waals surface area contributed by atoms with Gasteiger partial charge in [-0.05, 0) is 35.9 Å². The number of hydrogen-bond acceptors (Lipinski definition) is 2. The first-order chi connectivity index (χ1) is 12.8. The van der Waals surface area contributed by atoms with Crippen molar-refractivity contribution in [1.29, 1.82) is 0 Å². The maximum absolute atomic E-state index is 13.8. The van der Waals surface area contributed by atoms with Crippen LogP contribution in [0.5, 0.6) is 0 Å². The smallest absolute Gasteiger partial charge is 0.282 e. The first-order valence-electron chi connectivity index (χ1n) is 7.64. The molecule has 0 fully saturated rings. The molecule has 0 aliphatic rings. The summed E-state index contributed by atoms with van der Waals surface area (Å²) in [7, 11) is 1.43. The molecule has 0 radical (unpaired) electrons. The molecule has 0 spiro atoms. The van der Waals surface area contributed by atoms with E-state index >= 15 is 0 Å². The van der Waals surface area contributed by atoms with E-state index < -0.39 is 23.8 Å². The zero-order valence-electron chi connectivity index (χ0n) is 13.8. The van der Waals surface area contributed by atoms with E-state index in [-0.39, 0.29) is 16.3 Å². The summed E-state index contributed by atoms with van der Waals surface area (Å²) in [5, 5.41) is 6.70. The number of benzene rings is 2. The minimum absolute atomic E-state index is 0.226. The summed E-state index contributed by atoms with van der Waals surface area (Å²) in [6, 6.07) is 8.34. The van der Waals surface area contributed by atoms with E-state index in [1.807, 2.05) is 0 Å². The maximum atomic E-state index is 13.8. The van der Waals surface area contributed by atoms with Crippen molar-refractivity contribution in [2.45, 2.75) is 6.43 Å². The minimum atomic E-state index is -2.91. The van der Waals surface area contributed by atoms with Gasteiger partial charge in [0, 0.05) is 24.5 Å². The van der Waals surface area contributed by atoms with E-state index in [4.69, 9.17) is 23.2 Å². The summed E-state index contributed by atoms with van der Waals surface area (Å²) in [6.45, 7) is 0. The molecule has 1 N–H and O–H groups in total. The van der Waals surface area contributed by atoms with Crippen LogP contribution in [0.2, 0.25) is 10.0 Å². The molecule has 140 valence electrons. The summed E-state index contributed by atoms with van der Waals surface area (Å²) in [6.07, 6.45) is -1.71. The number of alkyl halides is 2. The Morgan fingerprint density at radius 3 is 2.56 bits per heavy atom. The highest BCUT2D eigenvalue weighted by molar-refractivity contribution is 6.42. The number of halogens is 5. The minimum Gasteiger partial charge on any atom is -0.321 e. The Morgan fingerprint density at radius 2 is 1.89 bits per heavy atom. The van der Waals surface area contributed by atoms with Crippen molar-refractivity contribution in [3.63, 3.8) is 0 Å². The lowest BCUT2D eigenvalue weighted by Crippen LogP contribution is -2.14. The number of anilines is 1. The lowest BCUT2D eigenvalue weighted by Gasteiger charge is -2.12. The first-order valence-corrected chi connectivity index (χ1v) is 8.40. The quantitative estimate of drug-likeness (QED) is 0.594. The second-order valence-electron chi connectivity index (χ2n) is 5.68. The number of nitrogens with one attached hydrogen (secondary N) is 1. The number of carbonyl (C=O) groups is 1. The molecule has 27 heavy (non-hydrogen) atoms. The molecule has 0 atom stereocenters. The van der Waals surface area contributed by atoms with Gasteiger partial charge in [0.1, 0.15) is 11.5 Å². The largest absolute Gasteiger partial charge is 0.321 e. The zero-order chi connectivity index (χ0) is 19.7. The van der Waals surface area contributed by atoms with E-state index in [0.29, 0.717) is 16.1 Å². The first kappa shape index (κ1) is 19.3. The van der Waals surface area contributed by atoms with Crippen molar-refractivity contribution in [2.75, 3.05) is 5.32 Å². The van der Waals surface area contributed by atoms with Crippen LogP contribution in [0.1, 0.15) is 22.5 Å². The fraction of sp³-hybridized carbons (Fsp3) is 0.111. The Morgan fingerprint density at radius 1 is 1.15 bits per heavy atom. The van der Waals surface area contributed by atoms with Crippen LogP contribution in [0.15, 0.2) is 42.6 Å². The Balaban J connectivity index is 2.01. The van der Waals surface area contributed by atoms with Gasteiger partial charge in [0.25, 0.3) is 12.3 Å². The third-order valence-electron chi connectivity index (χ3n) is 3.77. The Kier molecular flexibility index (Phi) is 5.43. The van der Waals surface area contributed by atoms with Gasteiger partial charge in [-0.15, -0.1) is 0 Å². The van der Waals surface area contributed by atoms with Gasteiger partial charge >= 0.3 is 0 Å². The summed E-state index contributed by atoms with van der Waals surface area (Å²) < 4.78 is 41.1. The maximum Gasteiger partial charge on any atom is 0.282 e. The third kappa shape index (κ3) is 4.09. The number of carbonyl (C=O) groups excluding carboxylic acids is 1. The molecule has 4 nitrogen and oxygen atoms in total. The van der Waals surface area contributed by atoms with Gasteiger partial charge in [0.2, 0.25) is 0 Å². The summed E-state index contributed by atoms with van der Waals surface area (Å²) in [5.41, 5.74) is 0.151. The number of nitrogens with zero attached hydrogens (tertiary/aromatic N) is 2. The molecule has 1 amide bonds. The van der Waals surface area contributed by atoms with Crippen LogP contribution in [-0.2, 0) is 7.05 Å². The number of amides is 1. The molecule has 9 heteroatoms. The lowest BCUT2D eigenvalue weighted by atomic mass is 10.0. The molecular formula is C18H12Cl2F3N3O. The summed E-state index contributed by atoms with van der Waals surface area (Å²) >= 11 is 11.9. The third-order valence-corrected chi connectivity index (χ3v) is 4.51. The lowest BCUT2D eigenvalue weighted by molar-refractivity contribution is 0.101. The van der Waals surface area contributed by atoms with Gasteiger partial charge in [-0.3, -0.25) is 9.48 Å². The average Bonchev–Trinajstić information content (AvgIpc) is 3.01. The van der Waals surface area contributed by atoms with Crippen LogP contribution in [0.25, 0.3) is 11.1 Å². The van der Waals surface area contributed by atoms with Gasteiger partial charge < -0.3 is 5.32 Å². The van der Waals surface area contributed by atoms with Crippen molar-refractivity contribution < 1.29 is 18.0 Å². The van der Waals surface area contributed by atoms with E-state index in [1.54, 1.807) is 6.07 Å². The molecule has 0 aliphatic carbocycles. The van der Waals surface area contributed by atoms with Crippen LogP contribution >= 0.6 is 23.2 Å². The molecular weight excluding hydrogens is 402 g/mol. The molecule has 0 saturated carbocycles. The van der Waals surface area contributed by atoms with Crippen molar-refractivity contribution in [3.05, 3.63) is 69.7 Å². The SMILES string of the molecule is Cn1cc(C(=O)Nc2ccc(F)cc2-c2ccc(Cl)c(Cl)c2)c(C(F)F)n1. The predicted molar refractivity (Wildman–Crippen MR) is 98.0 cm³/mol. The monoisotopic (exact) mass is 413 g/mol. The summed E-state index contributed by atoms with van der Waals surface area (Å²) in [5.74, 6) is -1.32. The van der Waals surface area contributed by atoms with E-state index in [2.05, 4.69) is 10.4 Å². The molecule has 2 aromatic carbocycles. The van der Waals surface area contributed by atoms with Crippen molar-refractivity contribution in [3.8, 4) is 11.1 Å². The van der Waals surface area contributed by atoms with Crippen molar-refractivity contribution >= 4 is 34.8 Å². The highest BCUT2D eigenvalue weighted by Crippen LogP contribution is 2.34. The van der Waals surface area contributed by atoms with Gasteiger partial charge in [-0.2, -0.15) is 5.10 Å².